The maximum absolute atomic E-state index is 12.3. The second-order valence-electron chi connectivity index (χ2n) is 5.15. The fourth-order valence-electron chi connectivity index (χ4n) is 3.18. The van der Waals surface area contributed by atoms with Crippen LogP contribution in [-0.2, 0) is 4.79 Å². The van der Waals surface area contributed by atoms with Gasteiger partial charge in [0.2, 0.25) is 5.91 Å². The Hall–Kier alpha value is -0.240. The average Bonchev–Trinajstić information content (AvgIpc) is 2.77. The number of hydrogen-bond acceptors (Lipinski definition) is 1. The Morgan fingerprint density at radius 2 is 2.00 bits per heavy atom. The van der Waals surface area contributed by atoms with E-state index < -0.39 is 0 Å². The van der Waals surface area contributed by atoms with Crippen LogP contribution in [-0.4, -0.2) is 29.8 Å². The van der Waals surface area contributed by atoms with E-state index in [0.717, 1.165) is 37.8 Å². The summed E-state index contributed by atoms with van der Waals surface area (Å²) in [6, 6.07) is 0. The van der Waals surface area contributed by atoms with Gasteiger partial charge in [-0.2, -0.15) is 0 Å². The van der Waals surface area contributed by atoms with Crippen LogP contribution in [0.4, 0.5) is 0 Å². The minimum atomic E-state index is 0.369. The second-order valence-corrected chi connectivity index (χ2v) is 5.53. The lowest BCUT2D eigenvalue weighted by molar-refractivity contribution is -0.133. The maximum atomic E-state index is 12.3. The highest BCUT2D eigenvalue weighted by atomic mass is 35.5. The summed E-state index contributed by atoms with van der Waals surface area (Å²) in [6.07, 6.45) is 6.14. The van der Waals surface area contributed by atoms with Crippen LogP contribution in [0.1, 0.15) is 39.0 Å². The van der Waals surface area contributed by atoms with Crippen molar-refractivity contribution in [3.8, 4) is 0 Å². The van der Waals surface area contributed by atoms with Crippen LogP contribution in [0.2, 0.25) is 0 Å². The van der Waals surface area contributed by atoms with Crippen LogP contribution >= 0.6 is 11.6 Å². The van der Waals surface area contributed by atoms with Gasteiger partial charge >= 0.3 is 0 Å². The van der Waals surface area contributed by atoms with Gasteiger partial charge in [0.05, 0.1) is 0 Å². The van der Waals surface area contributed by atoms with E-state index in [1.807, 2.05) is 4.90 Å². The molecule has 0 radical (unpaired) electrons. The molecule has 0 spiro atoms. The van der Waals surface area contributed by atoms with E-state index in [1.54, 1.807) is 0 Å². The number of fused-ring (bicyclic) bond motifs is 1. The molecule has 0 aliphatic heterocycles. The molecule has 0 aromatic rings. The Balaban J connectivity index is 1.85. The van der Waals surface area contributed by atoms with Gasteiger partial charge in [-0.05, 0) is 31.1 Å². The van der Waals surface area contributed by atoms with Gasteiger partial charge in [0.15, 0.2) is 0 Å². The van der Waals surface area contributed by atoms with Crippen molar-refractivity contribution >= 4 is 17.5 Å². The van der Waals surface area contributed by atoms with Gasteiger partial charge in [-0.3, -0.25) is 4.79 Å². The monoisotopic (exact) mass is 243 g/mol. The van der Waals surface area contributed by atoms with Crippen LogP contribution in [0.3, 0.4) is 0 Å². The Labute approximate surface area is 103 Å². The molecular weight excluding hydrogens is 222 g/mol. The largest absolute Gasteiger partial charge is 0.341 e. The van der Waals surface area contributed by atoms with E-state index in [4.69, 9.17) is 11.6 Å². The van der Waals surface area contributed by atoms with Gasteiger partial charge in [-0.1, -0.05) is 19.8 Å². The molecule has 0 bridgehead atoms. The zero-order valence-electron chi connectivity index (χ0n) is 10.1. The Bertz CT molecular complexity index is 246. The lowest BCUT2D eigenvalue weighted by atomic mass is 10.1. The number of nitrogens with zero attached hydrogens (tertiary/aromatic N) is 1. The molecule has 3 heteroatoms. The number of carbonyl (C=O) groups is 1. The lowest BCUT2D eigenvalue weighted by Crippen LogP contribution is -2.35. The van der Waals surface area contributed by atoms with Gasteiger partial charge in [0.25, 0.3) is 0 Å². The molecular formula is C13H22ClNO. The highest BCUT2D eigenvalue weighted by Gasteiger charge is 2.57. The molecule has 2 rings (SSSR count). The predicted molar refractivity (Wildman–Crippen MR) is 66.5 cm³/mol. The van der Waals surface area contributed by atoms with Crippen LogP contribution in [0.5, 0.6) is 0 Å². The minimum absolute atomic E-state index is 0.369. The third-order valence-electron chi connectivity index (χ3n) is 4.14. The molecule has 0 aromatic carbocycles. The van der Waals surface area contributed by atoms with Crippen molar-refractivity contribution in [3.63, 3.8) is 0 Å². The van der Waals surface area contributed by atoms with Crippen molar-refractivity contribution in [2.24, 2.45) is 17.8 Å². The van der Waals surface area contributed by atoms with E-state index in [1.165, 1.54) is 19.3 Å². The number of hydrogen-bond donors (Lipinski definition) is 0. The number of carbonyl (C=O) groups excluding carboxylic acids is 1. The molecule has 1 amide bonds. The number of rotatable bonds is 6. The fourth-order valence-corrected chi connectivity index (χ4v) is 3.39. The summed E-state index contributed by atoms with van der Waals surface area (Å²) in [6.45, 7) is 3.80. The maximum Gasteiger partial charge on any atom is 0.226 e. The van der Waals surface area contributed by atoms with Crippen molar-refractivity contribution in [1.29, 1.82) is 0 Å². The van der Waals surface area contributed by atoms with Crippen molar-refractivity contribution in [1.82, 2.24) is 4.90 Å². The lowest BCUT2D eigenvalue weighted by Gasteiger charge is -2.22. The molecule has 2 fully saturated rings. The van der Waals surface area contributed by atoms with Crippen molar-refractivity contribution in [2.75, 3.05) is 19.0 Å². The third-order valence-corrected chi connectivity index (χ3v) is 4.31. The summed E-state index contributed by atoms with van der Waals surface area (Å²) in [4.78, 5) is 14.3. The molecule has 16 heavy (non-hydrogen) atoms. The molecule has 2 aliphatic rings. The molecule has 2 atom stereocenters. The highest BCUT2D eigenvalue weighted by Crippen LogP contribution is 2.58. The molecule has 2 aliphatic carbocycles. The van der Waals surface area contributed by atoms with Crippen LogP contribution in [0.25, 0.3) is 0 Å². The van der Waals surface area contributed by atoms with Gasteiger partial charge in [-0.25, -0.2) is 0 Å². The van der Waals surface area contributed by atoms with Gasteiger partial charge in [-0.15, -0.1) is 11.6 Å². The molecule has 0 N–H and O–H groups in total. The van der Waals surface area contributed by atoms with Gasteiger partial charge < -0.3 is 4.90 Å². The summed E-state index contributed by atoms with van der Waals surface area (Å²) in [5.74, 6) is 2.79. The van der Waals surface area contributed by atoms with E-state index >= 15 is 0 Å². The van der Waals surface area contributed by atoms with Crippen LogP contribution in [0, 0.1) is 17.8 Å². The summed E-state index contributed by atoms with van der Waals surface area (Å²) >= 11 is 5.77. The van der Waals surface area contributed by atoms with Crippen LogP contribution in [0.15, 0.2) is 0 Å². The van der Waals surface area contributed by atoms with E-state index in [0.29, 0.717) is 17.7 Å². The quantitative estimate of drug-likeness (QED) is 0.657. The number of unbranched alkanes of at least 4 members (excludes halogenated alkanes) is 1. The summed E-state index contributed by atoms with van der Waals surface area (Å²) in [7, 11) is 0. The summed E-state index contributed by atoms with van der Waals surface area (Å²) in [5, 5.41) is 0. The second kappa shape index (κ2) is 5.39. The normalized spacial score (nSPS) is 31.2. The van der Waals surface area contributed by atoms with Crippen molar-refractivity contribution < 1.29 is 4.79 Å². The fraction of sp³-hybridized carbons (Fsp3) is 0.923. The standard InChI is InChI=1S/C13H22ClNO/c1-2-3-8-15(9-7-14)13(16)12-10-5-4-6-11(10)12/h10-12H,2-9H2,1H3. The minimum Gasteiger partial charge on any atom is -0.341 e. The third kappa shape index (κ3) is 2.37. The van der Waals surface area contributed by atoms with Gasteiger partial charge in [0.1, 0.15) is 0 Å². The SMILES string of the molecule is CCCCN(CCCl)C(=O)C1C2CCCC21. The molecule has 0 aromatic heterocycles. The van der Waals surface area contributed by atoms with Gasteiger partial charge in [0, 0.05) is 24.9 Å². The van der Waals surface area contributed by atoms with E-state index in [2.05, 4.69) is 6.92 Å². The molecule has 0 heterocycles. The first kappa shape index (κ1) is 12.2. The highest BCUT2D eigenvalue weighted by molar-refractivity contribution is 6.18. The smallest absolute Gasteiger partial charge is 0.226 e. The first-order chi connectivity index (χ1) is 7.79. The van der Waals surface area contributed by atoms with Crippen molar-refractivity contribution in [2.45, 2.75) is 39.0 Å². The topological polar surface area (TPSA) is 20.3 Å². The Morgan fingerprint density at radius 3 is 2.56 bits per heavy atom. The predicted octanol–water partition coefficient (Wildman–Crippen LogP) is 2.90. The summed E-state index contributed by atoms with van der Waals surface area (Å²) in [5.41, 5.74) is 0. The van der Waals surface area contributed by atoms with Crippen LogP contribution < -0.4 is 0 Å². The number of halogens is 1. The molecule has 2 nitrogen and oxygen atoms in total. The first-order valence-corrected chi connectivity index (χ1v) is 7.17. The zero-order valence-corrected chi connectivity index (χ0v) is 10.9. The Kier molecular flexibility index (Phi) is 4.12. The summed E-state index contributed by atoms with van der Waals surface area (Å²) < 4.78 is 0. The van der Waals surface area contributed by atoms with Crippen molar-refractivity contribution in [3.05, 3.63) is 0 Å². The number of amides is 1. The number of alkyl halides is 1. The molecule has 92 valence electrons. The molecule has 0 saturated heterocycles. The first-order valence-electron chi connectivity index (χ1n) is 6.64. The average molecular weight is 244 g/mol. The zero-order chi connectivity index (χ0) is 11.5. The van der Waals surface area contributed by atoms with E-state index in [9.17, 15) is 4.79 Å². The molecule has 2 unspecified atom stereocenters. The Morgan fingerprint density at radius 1 is 1.31 bits per heavy atom. The molecule has 2 saturated carbocycles. The van der Waals surface area contributed by atoms with E-state index in [-0.39, 0.29) is 0 Å².